The molecule has 0 bridgehead atoms. The average molecular weight is 335 g/mol. The molecule has 0 unspecified atom stereocenters. The maximum atomic E-state index is 3.79. The molecule has 1 aliphatic carbocycles. The second kappa shape index (κ2) is 8.67. The molecule has 0 aromatic heterocycles. The number of allylic oxidation sites excluding steroid dienone is 1. The molecular weight excluding hydrogens is 308 g/mol. The Bertz CT molecular complexity index is 445. The first-order chi connectivity index (χ1) is 9.83. The molecule has 0 aliphatic heterocycles. The first-order valence-electron chi connectivity index (χ1n) is 8.29. The van der Waals surface area contributed by atoms with E-state index in [0.29, 0.717) is 0 Å². The number of rotatable bonds is 9. The number of fused-ring (bicyclic) bond motifs is 1. The van der Waals surface area contributed by atoms with Crippen molar-refractivity contribution in [2.75, 3.05) is 0 Å². The highest BCUT2D eigenvalue weighted by molar-refractivity contribution is 9.10. The molecule has 0 saturated carbocycles. The Labute approximate surface area is 132 Å². The summed E-state index contributed by atoms with van der Waals surface area (Å²) in [6, 6.07) is 4.62. The molecule has 20 heavy (non-hydrogen) atoms. The summed E-state index contributed by atoms with van der Waals surface area (Å²) in [5.74, 6) is 0. The molecule has 0 radical (unpaired) electrons. The predicted molar refractivity (Wildman–Crippen MR) is 93.2 cm³/mol. The van der Waals surface area contributed by atoms with Gasteiger partial charge in [0, 0.05) is 4.47 Å². The van der Waals surface area contributed by atoms with Crippen LogP contribution < -0.4 is 0 Å². The minimum atomic E-state index is 1.10. The molecule has 110 valence electrons. The number of unbranched alkanes of at least 4 members (excludes halogenated alkanes) is 7. The molecule has 2 rings (SSSR count). The molecule has 0 N–H and O–H groups in total. The van der Waals surface area contributed by atoms with Gasteiger partial charge in [-0.25, -0.2) is 0 Å². The Hall–Kier alpha value is -0.560. The smallest absolute Gasteiger partial charge is 0.0282 e. The normalized spacial score (nSPS) is 12.9. The van der Waals surface area contributed by atoms with E-state index in [0.717, 1.165) is 6.42 Å². The summed E-state index contributed by atoms with van der Waals surface area (Å²) in [7, 11) is 0. The van der Waals surface area contributed by atoms with Gasteiger partial charge in [0.15, 0.2) is 0 Å². The molecule has 0 spiro atoms. The lowest BCUT2D eigenvalue weighted by molar-refractivity contribution is 0.575. The van der Waals surface area contributed by atoms with Crippen LogP contribution in [0.2, 0.25) is 0 Å². The third-order valence-corrected chi connectivity index (χ3v) is 5.21. The molecule has 0 saturated heterocycles. The number of hydrogen-bond acceptors (Lipinski definition) is 0. The molecule has 0 fully saturated rings. The summed E-state index contributed by atoms with van der Waals surface area (Å²) >= 11 is 3.79. The first-order valence-corrected chi connectivity index (χ1v) is 9.09. The van der Waals surface area contributed by atoms with Gasteiger partial charge in [0.1, 0.15) is 0 Å². The largest absolute Gasteiger partial charge is 0.0795 e. The fourth-order valence-electron chi connectivity index (χ4n) is 2.98. The summed E-state index contributed by atoms with van der Waals surface area (Å²) in [6.07, 6.45) is 18.0. The summed E-state index contributed by atoms with van der Waals surface area (Å²) in [4.78, 5) is 0. The van der Waals surface area contributed by atoms with Gasteiger partial charge >= 0.3 is 0 Å². The minimum absolute atomic E-state index is 1.10. The van der Waals surface area contributed by atoms with E-state index in [1.54, 1.807) is 0 Å². The zero-order valence-electron chi connectivity index (χ0n) is 12.8. The van der Waals surface area contributed by atoms with Gasteiger partial charge in [0.25, 0.3) is 0 Å². The van der Waals surface area contributed by atoms with E-state index >= 15 is 0 Å². The fourth-order valence-corrected chi connectivity index (χ4v) is 3.70. The fraction of sp³-hybridized carbons (Fsp3) is 0.579. The van der Waals surface area contributed by atoms with E-state index in [1.807, 2.05) is 0 Å². The number of aryl methyl sites for hydroxylation is 1. The second-order valence-electron chi connectivity index (χ2n) is 5.94. The third-order valence-electron chi connectivity index (χ3n) is 4.27. The zero-order valence-corrected chi connectivity index (χ0v) is 14.3. The lowest BCUT2D eigenvalue weighted by Crippen LogP contribution is -1.92. The predicted octanol–water partition coefficient (Wildman–Crippen LogP) is 6.70. The lowest BCUT2D eigenvalue weighted by Gasteiger charge is -2.09. The van der Waals surface area contributed by atoms with Crippen molar-refractivity contribution >= 4 is 22.0 Å². The monoisotopic (exact) mass is 334 g/mol. The van der Waals surface area contributed by atoms with E-state index in [1.165, 1.54) is 79.0 Å². The van der Waals surface area contributed by atoms with Crippen LogP contribution in [0.5, 0.6) is 0 Å². The van der Waals surface area contributed by atoms with Gasteiger partial charge in [0.05, 0.1) is 0 Å². The van der Waals surface area contributed by atoms with Gasteiger partial charge in [-0.2, -0.15) is 0 Å². The van der Waals surface area contributed by atoms with Gasteiger partial charge in [-0.1, -0.05) is 76.2 Å². The van der Waals surface area contributed by atoms with Gasteiger partial charge in [-0.05, 0) is 51.9 Å². The molecule has 1 aromatic carbocycles. The van der Waals surface area contributed by atoms with E-state index in [9.17, 15) is 0 Å². The van der Waals surface area contributed by atoms with Crippen molar-refractivity contribution in [2.24, 2.45) is 0 Å². The van der Waals surface area contributed by atoms with Crippen LogP contribution in [-0.4, -0.2) is 0 Å². The van der Waals surface area contributed by atoms with E-state index in [4.69, 9.17) is 0 Å². The molecule has 1 aromatic rings. The van der Waals surface area contributed by atoms with Crippen molar-refractivity contribution < 1.29 is 0 Å². The van der Waals surface area contributed by atoms with Crippen molar-refractivity contribution in [2.45, 2.75) is 71.1 Å². The van der Waals surface area contributed by atoms with Crippen molar-refractivity contribution in [3.8, 4) is 0 Å². The van der Waals surface area contributed by atoms with Crippen molar-refractivity contribution in [1.82, 2.24) is 0 Å². The van der Waals surface area contributed by atoms with Crippen LogP contribution in [0, 0.1) is 0 Å². The van der Waals surface area contributed by atoms with Crippen LogP contribution in [-0.2, 0) is 12.8 Å². The molecule has 1 aliphatic rings. The average Bonchev–Trinajstić information content (AvgIpc) is 2.93. The standard InChI is InChI=1S/C19H27Br/c1-2-3-4-5-6-7-8-9-11-17-15-14-16-12-10-13-18(16)19(17)20/h10,13-15H,2-9,11-12H2,1H3. The molecule has 1 heteroatoms. The van der Waals surface area contributed by atoms with Crippen LogP contribution in [0.25, 0.3) is 6.08 Å². The van der Waals surface area contributed by atoms with Crippen LogP contribution in [0.15, 0.2) is 22.7 Å². The van der Waals surface area contributed by atoms with E-state index in [2.05, 4.69) is 47.1 Å². The van der Waals surface area contributed by atoms with Gasteiger partial charge in [0.2, 0.25) is 0 Å². The molecular formula is C19H27Br. The van der Waals surface area contributed by atoms with Crippen molar-refractivity contribution in [3.63, 3.8) is 0 Å². The molecule has 0 nitrogen and oxygen atoms in total. The Morgan fingerprint density at radius 2 is 1.65 bits per heavy atom. The summed E-state index contributed by atoms with van der Waals surface area (Å²) in [5, 5.41) is 0. The molecule has 0 amide bonds. The van der Waals surface area contributed by atoms with Gasteiger partial charge < -0.3 is 0 Å². The number of halogens is 1. The minimum Gasteiger partial charge on any atom is -0.0795 e. The van der Waals surface area contributed by atoms with E-state index < -0.39 is 0 Å². The van der Waals surface area contributed by atoms with Crippen LogP contribution in [0.4, 0.5) is 0 Å². The van der Waals surface area contributed by atoms with Gasteiger partial charge in [-0.3, -0.25) is 0 Å². The highest BCUT2D eigenvalue weighted by Crippen LogP contribution is 2.31. The topological polar surface area (TPSA) is 0 Å². The zero-order chi connectivity index (χ0) is 14.2. The summed E-state index contributed by atoms with van der Waals surface area (Å²) in [5.41, 5.74) is 4.37. The Balaban J connectivity index is 1.66. The second-order valence-corrected chi connectivity index (χ2v) is 6.74. The van der Waals surface area contributed by atoms with Crippen LogP contribution in [0.1, 0.15) is 75.0 Å². The third kappa shape index (κ3) is 4.48. The lowest BCUT2D eigenvalue weighted by atomic mass is 10.0. The SMILES string of the molecule is CCCCCCCCCCc1ccc2c(c1Br)C=CC2. The Kier molecular flexibility index (Phi) is 6.86. The first kappa shape index (κ1) is 15.8. The van der Waals surface area contributed by atoms with Crippen molar-refractivity contribution in [1.29, 1.82) is 0 Å². The maximum absolute atomic E-state index is 3.79. The maximum Gasteiger partial charge on any atom is 0.0282 e. The Morgan fingerprint density at radius 1 is 0.950 bits per heavy atom. The summed E-state index contributed by atoms with van der Waals surface area (Å²) < 4.78 is 1.34. The quantitative estimate of drug-likeness (QED) is 0.440. The van der Waals surface area contributed by atoms with E-state index in [-0.39, 0.29) is 0 Å². The van der Waals surface area contributed by atoms with Crippen molar-refractivity contribution in [3.05, 3.63) is 39.4 Å². The highest BCUT2D eigenvalue weighted by atomic mass is 79.9. The summed E-state index contributed by atoms with van der Waals surface area (Å²) in [6.45, 7) is 2.28. The van der Waals surface area contributed by atoms with Crippen LogP contribution >= 0.6 is 15.9 Å². The number of benzene rings is 1. The van der Waals surface area contributed by atoms with Gasteiger partial charge in [-0.15, -0.1) is 0 Å². The molecule has 0 atom stereocenters. The molecule has 0 heterocycles. The number of hydrogen-bond donors (Lipinski definition) is 0. The highest BCUT2D eigenvalue weighted by Gasteiger charge is 2.11. The Morgan fingerprint density at radius 3 is 2.40 bits per heavy atom. The van der Waals surface area contributed by atoms with Crippen LogP contribution in [0.3, 0.4) is 0 Å².